The molecule has 7 nitrogen and oxygen atoms in total. The predicted octanol–water partition coefficient (Wildman–Crippen LogP) is 0.682. The van der Waals surface area contributed by atoms with E-state index in [2.05, 4.69) is 15.5 Å². The monoisotopic (exact) mass is 294 g/mol. The van der Waals surface area contributed by atoms with Crippen LogP contribution in [0, 0.1) is 12.8 Å². The molecule has 2 atom stereocenters. The Balaban J connectivity index is 2.13. The van der Waals surface area contributed by atoms with Crippen LogP contribution in [-0.2, 0) is 16.0 Å². The van der Waals surface area contributed by atoms with Crippen molar-refractivity contribution < 1.29 is 14.1 Å². The topological polar surface area (TPSA) is 88.3 Å². The van der Waals surface area contributed by atoms with Gasteiger partial charge in [0.05, 0.1) is 0 Å². The number of carbonyl (C=O) groups excluding carboxylic acids is 2. The minimum Gasteiger partial charge on any atom is -0.343 e. The zero-order valence-corrected chi connectivity index (χ0v) is 12.9. The minimum absolute atomic E-state index is 0.0352. The first-order chi connectivity index (χ1) is 9.93. The second kappa shape index (κ2) is 6.24. The molecule has 2 unspecified atom stereocenters. The first-order valence-corrected chi connectivity index (χ1v) is 7.34. The van der Waals surface area contributed by atoms with Crippen molar-refractivity contribution in [3.63, 3.8) is 0 Å². The number of nitrogens with zero attached hydrogens (tertiary/aromatic N) is 3. The number of aryl methyl sites for hydroxylation is 1. The minimum atomic E-state index is -0.440. The van der Waals surface area contributed by atoms with E-state index in [0.717, 1.165) is 0 Å². The molecule has 0 spiro atoms. The Morgan fingerprint density at radius 2 is 2.10 bits per heavy atom. The van der Waals surface area contributed by atoms with Gasteiger partial charge in [0.15, 0.2) is 5.82 Å². The van der Waals surface area contributed by atoms with Crippen molar-refractivity contribution in [2.45, 2.75) is 52.6 Å². The van der Waals surface area contributed by atoms with Crippen molar-refractivity contribution in [3.8, 4) is 0 Å². The molecule has 0 bridgehead atoms. The molecule has 1 aliphatic heterocycles. The van der Waals surface area contributed by atoms with Gasteiger partial charge >= 0.3 is 0 Å². The fraction of sp³-hybridized carbons (Fsp3) is 0.714. The van der Waals surface area contributed by atoms with Crippen molar-refractivity contribution in [1.82, 2.24) is 20.4 Å². The van der Waals surface area contributed by atoms with E-state index in [4.69, 9.17) is 4.52 Å². The van der Waals surface area contributed by atoms with Gasteiger partial charge in [0.1, 0.15) is 12.1 Å². The second-order valence-corrected chi connectivity index (χ2v) is 5.68. The van der Waals surface area contributed by atoms with Crippen LogP contribution in [0.3, 0.4) is 0 Å². The molecule has 0 radical (unpaired) electrons. The van der Waals surface area contributed by atoms with E-state index >= 15 is 0 Å². The van der Waals surface area contributed by atoms with Gasteiger partial charge in [-0.05, 0) is 19.3 Å². The summed E-state index contributed by atoms with van der Waals surface area (Å²) in [7, 11) is 0. The molecule has 1 aliphatic rings. The van der Waals surface area contributed by atoms with Crippen LogP contribution in [0.25, 0.3) is 0 Å². The van der Waals surface area contributed by atoms with Crippen LogP contribution in [0.4, 0.5) is 0 Å². The maximum absolute atomic E-state index is 12.5. The molecule has 1 N–H and O–H groups in total. The summed E-state index contributed by atoms with van der Waals surface area (Å²) in [6.07, 6.45) is 1.05. The van der Waals surface area contributed by atoms with Crippen LogP contribution in [0.5, 0.6) is 0 Å². The lowest BCUT2D eigenvalue weighted by atomic mass is 9.96. The Labute approximate surface area is 124 Å². The van der Waals surface area contributed by atoms with E-state index < -0.39 is 12.1 Å². The van der Waals surface area contributed by atoms with Crippen molar-refractivity contribution in [1.29, 1.82) is 0 Å². The fourth-order valence-corrected chi connectivity index (χ4v) is 2.64. The smallest absolute Gasteiger partial charge is 0.245 e. The van der Waals surface area contributed by atoms with Gasteiger partial charge in [-0.2, -0.15) is 4.98 Å². The van der Waals surface area contributed by atoms with Crippen LogP contribution >= 0.6 is 0 Å². The van der Waals surface area contributed by atoms with E-state index in [1.165, 1.54) is 0 Å². The lowest BCUT2D eigenvalue weighted by Crippen LogP contribution is -2.64. The number of hydrogen-bond donors (Lipinski definition) is 1. The Morgan fingerprint density at radius 1 is 1.38 bits per heavy atom. The number of piperazine rings is 1. The zero-order valence-electron chi connectivity index (χ0n) is 12.9. The molecule has 0 aromatic carbocycles. The van der Waals surface area contributed by atoms with Crippen molar-refractivity contribution in [2.24, 2.45) is 5.92 Å². The number of hydrogen-bond acceptors (Lipinski definition) is 5. The molecule has 21 heavy (non-hydrogen) atoms. The highest BCUT2D eigenvalue weighted by Crippen LogP contribution is 2.19. The molecule has 1 saturated heterocycles. The average molecular weight is 294 g/mol. The Kier molecular flexibility index (Phi) is 4.59. The number of nitrogens with one attached hydrogen (secondary N) is 1. The zero-order chi connectivity index (χ0) is 15.6. The van der Waals surface area contributed by atoms with Gasteiger partial charge in [0, 0.05) is 13.0 Å². The highest BCUT2D eigenvalue weighted by molar-refractivity contribution is 5.97. The standard InChI is InChI=1S/C14H22N4O3/c1-5-10-14(20)18(12(8(2)3)13(19)16-10)7-6-11-15-9(4)17-21-11/h8,10,12H,5-7H2,1-4H3,(H,16,19). The summed E-state index contributed by atoms with van der Waals surface area (Å²) in [4.78, 5) is 30.5. The summed E-state index contributed by atoms with van der Waals surface area (Å²) in [6, 6.07) is -0.874. The van der Waals surface area contributed by atoms with Crippen molar-refractivity contribution >= 4 is 11.8 Å². The number of aromatic nitrogens is 2. The van der Waals surface area contributed by atoms with Crippen molar-refractivity contribution in [3.05, 3.63) is 11.7 Å². The molecular formula is C14H22N4O3. The molecule has 0 saturated carbocycles. The molecule has 0 aliphatic carbocycles. The highest BCUT2D eigenvalue weighted by Gasteiger charge is 2.41. The van der Waals surface area contributed by atoms with E-state index in [-0.39, 0.29) is 17.7 Å². The maximum Gasteiger partial charge on any atom is 0.245 e. The van der Waals surface area contributed by atoms with E-state index in [1.54, 1.807) is 11.8 Å². The van der Waals surface area contributed by atoms with Crippen LogP contribution < -0.4 is 5.32 Å². The SMILES string of the molecule is CCC1NC(=O)C(C(C)C)N(CCc2nc(C)no2)C1=O. The van der Waals surface area contributed by atoms with Gasteiger partial charge in [0.2, 0.25) is 17.7 Å². The lowest BCUT2D eigenvalue weighted by molar-refractivity contribution is -0.151. The first kappa shape index (κ1) is 15.5. The van der Waals surface area contributed by atoms with Gasteiger partial charge in [0.25, 0.3) is 0 Å². The third kappa shape index (κ3) is 3.22. The molecule has 1 aromatic heterocycles. The molecular weight excluding hydrogens is 272 g/mol. The molecule has 7 heteroatoms. The van der Waals surface area contributed by atoms with E-state index in [0.29, 0.717) is 31.1 Å². The molecule has 2 heterocycles. The second-order valence-electron chi connectivity index (χ2n) is 5.68. The average Bonchev–Trinajstić information content (AvgIpc) is 2.84. The molecule has 1 aromatic rings. The Bertz CT molecular complexity index is 526. The third-order valence-electron chi connectivity index (χ3n) is 3.68. The van der Waals surface area contributed by atoms with Gasteiger partial charge < -0.3 is 14.7 Å². The number of carbonyl (C=O) groups is 2. The third-order valence-corrected chi connectivity index (χ3v) is 3.68. The van der Waals surface area contributed by atoms with Crippen LogP contribution in [-0.4, -0.2) is 45.5 Å². The van der Waals surface area contributed by atoms with Crippen LogP contribution in [0.2, 0.25) is 0 Å². The van der Waals surface area contributed by atoms with Crippen LogP contribution in [0.15, 0.2) is 4.52 Å². The summed E-state index contributed by atoms with van der Waals surface area (Å²) in [5.41, 5.74) is 0. The number of amides is 2. The lowest BCUT2D eigenvalue weighted by Gasteiger charge is -2.40. The largest absolute Gasteiger partial charge is 0.343 e. The maximum atomic E-state index is 12.5. The van der Waals surface area contributed by atoms with Gasteiger partial charge in [-0.15, -0.1) is 0 Å². The normalized spacial score (nSPS) is 22.8. The quantitative estimate of drug-likeness (QED) is 0.863. The predicted molar refractivity (Wildman–Crippen MR) is 75.3 cm³/mol. The first-order valence-electron chi connectivity index (χ1n) is 7.34. The number of rotatable bonds is 5. The van der Waals surface area contributed by atoms with Crippen molar-refractivity contribution in [2.75, 3.05) is 6.54 Å². The molecule has 1 fully saturated rings. The summed E-state index contributed by atoms with van der Waals surface area (Å²) in [5, 5.41) is 6.53. The fourth-order valence-electron chi connectivity index (χ4n) is 2.64. The molecule has 2 rings (SSSR count). The van der Waals surface area contributed by atoms with E-state index in [9.17, 15) is 9.59 Å². The van der Waals surface area contributed by atoms with E-state index in [1.807, 2.05) is 20.8 Å². The van der Waals surface area contributed by atoms with Gasteiger partial charge in [-0.25, -0.2) is 0 Å². The summed E-state index contributed by atoms with van der Waals surface area (Å²) < 4.78 is 5.07. The Morgan fingerprint density at radius 3 is 2.62 bits per heavy atom. The molecule has 2 amide bonds. The molecule has 116 valence electrons. The summed E-state index contributed by atoms with van der Waals surface area (Å²) in [6.45, 7) is 7.92. The highest BCUT2D eigenvalue weighted by atomic mass is 16.5. The summed E-state index contributed by atoms with van der Waals surface area (Å²) in [5.74, 6) is 0.989. The van der Waals surface area contributed by atoms with Gasteiger partial charge in [-0.3, -0.25) is 9.59 Å². The van der Waals surface area contributed by atoms with Crippen LogP contribution in [0.1, 0.15) is 38.9 Å². The Hall–Kier alpha value is -1.92. The summed E-state index contributed by atoms with van der Waals surface area (Å²) >= 11 is 0. The van der Waals surface area contributed by atoms with Gasteiger partial charge in [-0.1, -0.05) is 25.9 Å².